The van der Waals surface area contributed by atoms with Crippen molar-refractivity contribution in [2.45, 2.75) is 32.1 Å². The molecule has 0 fully saturated rings. The number of benzene rings is 1. The normalized spacial score (nSPS) is 14.8. The average Bonchev–Trinajstić information content (AvgIpc) is 2.19. The Balaban J connectivity index is 3.21. The highest BCUT2D eigenvalue weighted by atomic mass is 19.4. The Hall–Kier alpha value is -1.17. The monoisotopic (exact) mass is 254 g/mol. The fourth-order valence-corrected chi connectivity index (χ4v) is 1.40. The molecule has 0 heterocycles. The molecule has 0 aliphatic carbocycles. The van der Waals surface area contributed by atoms with Gasteiger partial charge in [0, 0.05) is 0 Å². The standard InChI is InChI=1S/C11H11F5O/c1-6-3-4-7(2)8(5-6)9(17)10(12,13)11(14,15)16/h3-5,9,17H,1-2H3. The van der Waals surface area contributed by atoms with Gasteiger partial charge in [-0.1, -0.05) is 23.8 Å². The minimum atomic E-state index is -5.78. The molecule has 0 aliphatic rings. The van der Waals surface area contributed by atoms with Crippen LogP contribution in [-0.4, -0.2) is 17.2 Å². The van der Waals surface area contributed by atoms with Crippen molar-refractivity contribution in [3.63, 3.8) is 0 Å². The van der Waals surface area contributed by atoms with E-state index in [9.17, 15) is 27.1 Å². The largest absolute Gasteiger partial charge is 0.456 e. The van der Waals surface area contributed by atoms with E-state index in [2.05, 4.69) is 0 Å². The first kappa shape index (κ1) is 13.9. The van der Waals surface area contributed by atoms with Crippen LogP contribution in [0.3, 0.4) is 0 Å². The van der Waals surface area contributed by atoms with Gasteiger partial charge >= 0.3 is 12.1 Å². The molecule has 1 aromatic rings. The first-order chi connectivity index (χ1) is 7.57. The van der Waals surface area contributed by atoms with Crippen molar-refractivity contribution in [3.8, 4) is 0 Å². The van der Waals surface area contributed by atoms with Crippen molar-refractivity contribution in [1.29, 1.82) is 0 Å². The molecule has 0 aromatic heterocycles. The number of aryl methyl sites for hydroxylation is 2. The van der Waals surface area contributed by atoms with Crippen LogP contribution in [0.1, 0.15) is 22.8 Å². The molecule has 0 bridgehead atoms. The second kappa shape index (κ2) is 4.25. The Labute approximate surface area is 94.9 Å². The van der Waals surface area contributed by atoms with Crippen LogP contribution in [0.25, 0.3) is 0 Å². The molecule has 96 valence electrons. The Kier molecular flexibility index (Phi) is 3.47. The third-order valence-corrected chi connectivity index (χ3v) is 2.45. The summed E-state index contributed by atoms with van der Waals surface area (Å²) in [5.74, 6) is -5.16. The summed E-state index contributed by atoms with van der Waals surface area (Å²) in [6.45, 7) is 2.91. The lowest BCUT2D eigenvalue weighted by molar-refractivity contribution is -0.315. The Morgan fingerprint density at radius 3 is 2.06 bits per heavy atom. The van der Waals surface area contributed by atoms with Crippen LogP contribution in [-0.2, 0) is 0 Å². The van der Waals surface area contributed by atoms with E-state index in [1.165, 1.54) is 13.0 Å². The van der Waals surface area contributed by atoms with Crippen LogP contribution < -0.4 is 0 Å². The SMILES string of the molecule is Cc1ccc(C)c(C(O)C(F)(F)C(F)(F)F)c1. The van der Waals surface area contributed by atoms with E-state index < -0.39 is 23.8 Å². The van der Waals surface area contributed by atoms with Gasteiger partial charge in [-0.25, -0.2) is 0 Å². The summed E-state index contributed by atoms with van der Waals surface area (Å²) < 4.78 is 62.2. The van der Waals surface area contributed by atoms with Gasteiger partial charge in [0.05, 0.1) is 0 Å². The minimum Gasteiger partial charge on any atom is -0.382 e. The van der Waals surface area contributed by atoms with Crippen LogP contribution in [0.15, 0.2) is 18.2 Å². The van der Waals surface area contributed by atoms with Gasteiger partial charge in [0.15, 0.2) is 6.10 Å². The summed E-state index contributed by atoms with van der Waals surface area (Å²) in [6.07, 6.45) is -8.66. The van der Waals surface area contributed by atoms with Gasteiger partial charge in [-0.05, 0) is 25.0 Å². The maximum absolute atomic E-state index is 12.9. The van der Waals surface area contributed by atoms with Crippen LogP contribution in [0.5, 0.6) is 0 Å². The molecule has 1 unspecified atom stereocenters. The molecule has 0 saturated heterocycles. The molecule has 1 N–H and O–H groups in total. The Bertz CT molecular complexity index is 411. The fourth-order valence-electron chi connectivity index (χ4n) is 1.40. The van der Waals surface area contributed by atoms with Crippen LogP contribution in [0.2, 0.25) is 0 Å². The average molecular weight is 254 g/mol. The smallest absolute Gasteiger partial charge is 0.382 e. The van der Waals surface area contributed by atoms with E-state index in [0.29, 0.717) is 5.56 Å². The highest BCUT2D eigenvalue weighted by Crippen LogP contribution is 2.45. The first-order valence-electron chi connectivity index (χ1n) is 4.77. The highest BCUT2D eigenvalue weighted by Gasteiger charge is 2.62. The molecule has 1 rings (SSSR count). The molecule has 1 aromatic carbocycles. The van der Waals surface area contributed by atoms with Gasteiger partial charge in [0.25, 0.3) is 0 Å². The second-order valence-corrected chi connectivity index (χ2v) is 3.88. The number of alkyl halides is 5. The number of rotatable bonds is 2. The van der Waals surface area contributed by atoms with E-state index in [1.54, 1.807) is 13.0 Å². The third-order valence-electron chi connectivity index (χ3n) is 2.45. The lowest BCUT2D eigenvalue weighted by Crippen LogP contribution is -2.42. The summed E-state index contributed by atoms with van der Waals surface area (Å²) in [7, 11) is 0. The summed E-state index contributed by atoms with van der Waals surface area (Å²) in [5, 5.41) is 9.22. The van der Waals surface area contributed by atoms with Crippen molar-refractivity contribution >= 4 is 0 Å². The third kappa shape index (κ3) is 2.57. The predicted octanol–water partition coefficient (Wildman–Crippen LogP) is 3.53. The van der Waals surface area contributed by atoms with E-state index in [0.717, 1.165) is 6.07 Å². The lowest BCUT2D eigenvalue weighted by atomic mass is 9.96. The molecule has 0 spiro atoms. The summed E-state index contributed by atoms with van der Waals surface area (Å²) in [6, 6.07) is 4.08. The van der Waals surface area contributed by atoms with E-state index in [1.807, 2.05) is 0 Å². The molecule has 6 heteroatoms. The zero-order chi connectivity index (χ0) is 13.4. The van der Waals surface area contributed by atoms with E-state index in [-0.39, 0.29) is 5.56 Å². The molecular weight excluding hydrogens is 243 g/mol. The quantitative estimate of drug-likeness (QED) is 0.800. The number of aliphatic hydroxyl groups excluding tert-OH is 1. The summed E-state index contributed by atoms with van der Waals surface area (Å²) >= 11 is 0. The molecule has 0 aliphatic heterocycles. The Morgan fingerprint density at radius 2 is 1.59 bits per heavy atom. The zero-order valence-electron chi connectivity index (χ0n) is 9.15. The van der Waals surface area contributed by atoms with Crippen molar-refractivity contribution in [2.24, 2.45) is 0 Å². The molecule has 1 atom stereocenters. The maximum Gasteiger partial charge on any atom is 0.456 e. The lowest BCUT2D eigenvalue weighted by Gasteiger charge is -2.26. The highest BCUT2D eigenvalue weighted by molar-refractivity contribution is 5.33. The van der Waals surface area contributed by atoms with Crippen LogP contribution in [0, 0.1) is 13.8 Å². The van der Waals surface area contributed by atoms with Gasteiger partial charge < -0.3 is 5.11 Å². The van der Waals surface area contributed by atoms with Crippen molar-refractivity contribution in [2.75, 3.05) is 0 Å². The van der Waals surface area contributed by atoms with Gasteiger partial charge in [-0.15, -0.1) is 0 Å². The van der Waals surface area contributed by atoms with Crippen LogP contribution >= 0.6 is 0 Å². The number of halogens is 5. The van der Waals surface area contributed by atoms with Crippen molar-refractivity contribution < 1.29 is 27.1 Å². The fraction of sp³-hybridized carbons (Fsp3) is 0.455. The number of aliphatic hydroxyl groups is 1. The number of hydrogen-bond donors (Lipinski definition) is 1. The van der Waals surface area contributed by atoms with Gasteiger partial charge in [-0.2, -0.15) is 22.0 Å². The van der Waals surface area contributed by atoms with Crippen molar-refractivity contribution in [3.05, 3.63) is 34.9 Å². The number of hydrogen-bond acceptors (Lipinski definition) is 1. The molecule has 17 heavy (non-hydrogen) atoms. The van der Waals surface area contributed by atoms with E-state index >= 15 is 0 Å². The molecule has 0 radical (unpaired) electrons. The summed E-state index contributed by atoms with van der Waals surface area (Å²) in [5.41, 5.74) is 0.280. The second-order valence-electron chi connectivity index (χ2n) is 3.88. The van der Waals surface area contributed by atoms with Gasteiger partial charge in [0.2, 0.25) is 0 Å². The molecule has 0 saturated carbocycles. The maximum atomic E-state index is 12.9. The molecule has 1 nitrogen and oxygen atoms in total. The van der Waals surface area contributed by atoms with Gasteiger partial charge in [0.1, 0.15) is 0 Å². The van der Waals surface area contributed by atoms with E-state index in [4.69, 9.17) is 0 Å². The zero-order valence-corrected chi connectivity index (χ0v) is 9.15. The topological polar surface area (TPSA) is 20.2 Å². The molecular formula is C11H11F5O. The first-order valence-corrected chi connectivity index (χ1v) is 4.77. The summed E-state index contributed by atoms with van der Waals surface area (Å²) in [4.78, 5) is 0. The Morgan fingerprint density at radius 1 is 1.06 bits per heavy atom. The minimum absolute atomic E-state index is 0.187. The van der Waals surface area contributed by atoms with Crippen LogP contribution in [0.4, 0.5) is 22.0 Å². The molecule has 0 amide bonds. The van der Waals surface area contributed by atoms with Crippen molar-refractivity contribution in [1.82, 2.24) is 0 Å². The predicted molar refractivity (Wildman–Crippen MR) is 51.9 cm³/mol. The van der Waals surface area contributed by atoms with Gasteiger partial charge in [-0.3, -0.25) is 0 Å².